The molecular weight excluding hydrogens is 463 g/mol. The molecule has 0 heterocycles. The van der Waals surface area contributed by atoms with Gasteiger partial charge in [0.15, 0.2) is 0 Å². The minimum atomic E-state index is -2.96. The molecule has 0 N–H and O–H groups in total. The van der Waals surface area contributed by atoms with Crippen molar-refractivity contribution < 1.29 is 13.6 Å². The lowest BCUT2D eigenvalue weighted by Crippen LogP contribution is -1.85. The van der Waals surface area contributed by atoms with Crippen LogP contribution in [0.4, 0.5) is 0 Å². The summed E-state index contributed by atoms with van der Waals surface area (Å²) in [5.74, 6) is 1.59. The monoisotopic (exact) mass is 528 g/mol. The van der Waals surface area contributed by atoms with E-state index in [4.69, 9.17) is 9.05 Å². The molecule has 0 aromatic carbocycles. The van der Waals surface area contributed by atoms with Crippen molar-refractivity contribution in [3.05, 3.63) is 11.9 Å². The molecule has 0 saturated carbocycles. The standard InChI is InChI=1S/C32H65O3P/c1-4-5-6-7-8-9-10-11-12-13-14-15-16-17-18-19-20-21-22-23-24-25-26-27-28-29-30-31-32-36(33,34-2)35-3/h31-32H,4-30H2,1-3H3. The highest BCUT2D eigenvalue weighted by atomic mass is 31.2. The summed E-state index contributed by atoms with van der Waals surface area (Å²) in [4.78, 5) is 0. The van der Waals surface area contributed by atoms with E-state index in [1.54, 1.807) is 5.82 Å². The topological polar surface area (TPSA) is 35.5 Å². The summed E-state index contributed by atoms with van der Waals surface area (Å²) in [5.41, 5.74) is 0. The minimum Gasteiger partial charge on any atom is -0.309 e. The smallest absolute Gasteiger partial charge is 0.309 e. The van der Waals surface area contributed by atoms with Gasteiger partial charge in [0.1, 0.15) is 0 Å². The highest BCUT2D eigenvalue weighted by molar-refractivity contribution is 7.57. The van der Waals surface area contributed by atoms with Gasteiger partial charge < -0.3 is 9.05 Å². The Hall–Kier alpha value is -0.110. The van der Waals surface area contributed by atoms with Crippen molar-refractivity contribution in [2.24, 2.45) is 0 Å². The lowest BCUT2D eigenvalue weighted by Gasteiger charge is -2.07. The summed E-state index contributed by atoms with van der Waals surface area (Å²) >= 11 is 0. The number of allylic oxidation sites excluding steroid dienone is 1. The Morgan fingerprint density at radius 3 is 0.944 bits per heavy atom. The van der Waals surface area contributed by atoms with E-state index in [2.05, 4.69) is 6.92 Å². The molecule has 0 fully saturated rings. The lowest BCUT2D eigenvalue weighted by atomic mass is 10.0. The van der Waals surface area contributed by atoms with E-state index in [-0.39, 0.29) is 0 Å². The SMILES string of the molecule is CCCCCCCCCCCCCCCCCCCCCCCCCCCCC=CP(=O)(OC)OC. The van der Waals surface area contributed by atoms with Gasteiger partial charge in [-0.05, 0) is 12.8 Å². The number of hydrogen-bond acceptors (Lipinski definition) is 3. The van der Waals surface area contributed by atoms with Gasteiger partial charge >= 0.3 is 7.60 Å². The summed E-state index contributed by atoms with van der Waals surface area (Å²) in [5, 5.41) is 0. The van der Waals surface area contributed by atoms with E-state index >= 15 is 0 Å². The number of hydrogen-bond donors (Lipinski definition) is 0. The van der Waals surface area contributed by atoms with Crippen LogP contribution < -0.4 is 0 Å². The summed E-state index contributed by atoms with van der Waals surface area (Å²) < 4.78 is 21.7. The Morgan fingerprint density at radius 1 is 0.444 bits per heavy atom. The molecule has 0 saturated heterocycles. The Morgan fingerprint density at radius 2 is 0.694 bits per heavy atom. The summed E-state index contributed by atoms with van der Waals surface area (Å²) in [6, 6.07) is 0. The molecule has 0 bridgehead atoms. The summed E-state index contributed by atoms with van der Waals surface area (Å²) in [6.45, 7) is 2.30. The van der Waals surface area contributed by atoms with Crippen LogP contribution in [0, 0.1) is 0 Å². The van der Waals surface area contributed by atoms with Crippen molar-refractivity contribution in [2.75, 3.05) is 14.2 Å². The van der Waals surface area contributed by atoms with Crippen molar-refractivity contribution in [3.63, 3.8) is 0 Å². The second-order valence-electron chi connectivity index (χ2n) is 10.9. The van der Waals surface area contributed by atoms with Crippen LogP contribution >= 0.6 is 7.60 Å². The normalized spacial score (nSPS) is 12.2. The Balaban J connectivity index is 3.13. The predicted octanol–water partition coefficient (Wildman–Crippen LogP) is 12.5. The third-order valence-corrected chi connectivity index (χ3v) is 9.12. The maximum absolute atomic E-state index is 11.9. The van der Waals surface area contributed by atoms with Gasteiger partial charge in [-0.25, -0.2) is 0 Å². The van der Waals surface area contributed by atoms with Crippen LogP contribution in [-0.4, -0.2) is 14.2 Å². The maximum atomic E-state index is 11.9. The fraction of sp³-hybridized carbons (Fsp3) is 0.938. The quantitative estimate of drug-likeness (QED) is 0.0687. The van der Waals surface area contributed by atoms with Crippen LogP contribution in [0.1, 0.15) is 180 Å². The van der Waals surface area contributed by atoms with Gasteiger partial charge in [-0.3, -0.25) is 4.57 Å². The first-order chi connectivity index (χ1) is 17.7. The van der Waals surface area contributed by atoms with Gasteiger partial charge in [0.05, 0.1) is 0 Å². The molecule has 0 aliphatic rings. The first kappa shape index (κ1) is 35.9. The third kappa shape index (κ3) is 26.9. The Labute approximate surface area is 227 Å². The number of rotatable bonds is 30. The average Bonchev–Trinajstić information content (AvgIpc) is 2.90. The first-order valence-electron chi connectivity index (χ1n) is 16.1. The zero-order valence-corrected chi connectivity index (χ0v) is 25.8. The van der Waals surface area contributed by atoms with E-state index < -0.39 is 7.60 Å². The van der Waals surface area contributed by atoms with Gasteiger partial charge in [-0.1, -0.05) is 174 Å². The zero-order valence-electron chi connectivity index (χ0n) is 24.9. The molecule has 0 aromatic heterocycles. The average molecular weight is 529 g/mol. The molecule has 216 valence electrons. The molecule has 0 radical (unpaired) electrons. The van der Waals surface area contributed by atoms with Crippen molar-refractivity contribution in [2.45, 2.75) is 180 Å². The molecule has 0 rings (SSSR count). The maximum Gasteiger partial charge on any atom is 0.353 e. The van der Waals surface area contributed by atoms with Crippen molar-refractivity contribution in [1.82, 2.24) is 0 Å². The van der Waals surface area contributed by atoms with E-state index in [9.17, 15) is 4.57 Å². The van der Waals surface area contributed by atoms with E-state index in [0.29, 0.717) is 0 Å². The fourth-order valence-electron chi connectivity index (χ4n) is 4.98. The van der Waals surface area contributed by atoms with Crippen LogP contribution in [0.2, 0.25) is 0 Å². The van der Waals surface area contributed by atoms with Gasteiger partial charge in [-0.15, -0.1) is 0 Å². The van der Waals surface area contributed by atoms with Crippen LogP contribution in [0.5, 0.6) is 0 Å². The second kappa shape index (κ2) is 29.4. The number of unbranched alkanes of at least 4 members (excludes halogenated alkanes) is 26. The van der Waals surface area contributed by atoms with Crippen LogP contribution in [-0.2, 0) is 13.6 Å². The van der Waals surface area contributed by atoms with Gasteiger partial charge in [-0.2, -0.15) is 0 Å². The van der Waals surface area contributed by atoms with Gasteiger partial charge in [0, 0.05) is 20.0 Å². The first-order valence-corrected chi connectivity index (χ1v) is 17.7. The third-order valence-electron chi connectivity index (χ3n) is 7.52. The molecule has 0 spiro atoms. The van der Waals surface area contributed by atoms with E-state index in [1.165, 1.54) is 175 Å². The molecule has 36 heavy (non-hydrogen) atoms. The van der Waals surface area contributed by atoms with E-state index in [1.807, 2.05) is 6.08 Å². The predicted molar refractivity (Wildman–Crippen MR) is 161 cm³/mol. The highest BCUT2D eigenvalue weighted by Crippen LogP contribution is 2.47. The summed E-state index contributed by atoms with van der Waals surface area (Å²) in [6.07, 6.45) is 39.9. The molecule has 0 aliphatic heterocycles. The van der Waals surface area contributed by atoms with Crippen molar-refractivity contribution in [3.8, 4) is 0 Å². The minimum absolute atomic E-state index is 0.954. The summed E-state index contributed by atoms with van der Waals surface area (Å²) in [7, 11) is -0.109. The Bertz CT molecular complexity index is 484. The molecule has 0 unspecified atom stereocenters. The lowest BCUT2D eigenvalue weighted by molar-refractivity contribution is 0.286. The van der Waals surface area contributed by atoms with Crippen LogP contribution in [0.15, 0.2) is 11.9 Å². The zero-order chi connectivity index (χ0) is 26.4. The van der Waals surface area contributed by atoms with Crippen LogP contribution in [0.3, 0.4) is 0 Å². The van der Waals surface area contributed by atoms with Crippen molar-refractivity contribution in [1.29, 1.82) is 0 Å². The fourth-order valence-corrected chi connectivity index (χ4v) is 5.78. The molecule has 4 heteroatoms. The largest absolute Gasteiger partial charge is 0.353 e. The molecule has 0 aliphatic carbocycles. The Kier molecular flexibility index (Phi) is 29.4. The molecule has 0 atom stereocenters. The molecule has 0 amide bonds. The molecule has 0 aromatic rings. The van der Waals surface area contributed by atoms with Gasteiger partial charge in [0.2, 0.25) is 0 Å². The van der Waals surface area contributed by atoms with Crippen LogP contribution in [0.25, 0.3) is 0 Å². The molecule has 3 nitrogen and oxygen atoms in total. The second-order valence-corrected chi connectivity index (χ2v) is 13.0. The van der Waals surface area contributed by atoms with E-state index in [0.717, 1.165) is 12.8 Å². The highest BCUT2D eigenvalue weighted by Gasteiger charge is 2.14. The van der Waals surface area contributed by atoms with Crippen molar-refractivity contribution >= 4 is 7.60 Å². The van der Waals surface area contributed by atoms with Gasteiger partial charge in [0.25, 0.3) is 0 Å². The molecular formula is C32H65O3P.